The van der Waals surface area contributed by atoms with Crippen molar-refractivity contribution in [3.8, 4) is 5.75 Å². The van der Waals surface area contributed by atoms with Crippen molar-refractivity contribution in [1.29, 1.82) is 0 Å². The normalized spacial score (nSPS) is 12.0. The van der Waals surface area contributed by atoms with Gasteiger partial charge in [-0.05, 0) is 59.7 Å². The maximum atomic E-state index is 9.91. The predicted molar refractivity (Wildman–Crippen MR) is 98.6 cm³/mol. The van der Waals surface area contributed by atoms with Crippen molar-refractivity contribution in [3.63, 3.8) is 0 Å². The Kier molecular flexibility index (Phi) is 7.14. The zero-order chi connectivity index (χ0) is 16.9. The smallest absolute Gasteiger partial charge is 0.229 e. The van der Waals surface area contributed by atoms with Gasteiger partial charge in [-0.3, -0.25) is 0 Å². The summed E-state index contributed by atoms with van der Waals surface area (Å²) in [6.45, 7) is 15.7. The van der Waals surface area contributed by atoms with Crippen LogP contribution in [0, 0.1) is 0 Å². The lowest BCUT2D eigenvalue weighted by atomic mass is 9.78. The first-order chi connectivity index (χ1) is 10.3. The lowest BCUT2D eigenvalue weighted by molar-refractivity contribution is 0.278. The third-order valence-corrected chi connectivity index (χ3v) is 4.54. The summed E-state index contributed by atoms with van der Waals surface area (Å²) in [6.07, 6.45) is 4.24. The van der Waals surface area contributed by atoms with Gasteiger partial charge in [0.1, 0.15) is 5.75 Å². The summed E-state index contributed by atoms with van der Waals surface area (Å²) in [7, 11) is -1.16. The highest BCUT2D eigenvalue weighted by Gasteiger charge is 2.26. The maximum absolute atomic E-state index is 9.91. The van der Waals surface area contributed by atoms with E-state index in [1.807, 2.05) is 0 Å². The van der Waals surface area contributed by atoms with Gasteiger partial charge >= 0.3 is 0 Å². The van der Waals surface area contributed by atoms with Gasteiger partial charge < -0.3 is 9.53 Å². The summed E-state index contributed by atoms with van der Waals surface area (Å²) in [6, 6.07) is 2.19. The molecule has 0 heterocycles. The fourth-order valence-electron chi connectivity index (χ4n) is 3.23. The van der Waals surface area contributed by atoms with Crippen LogP contribution in [0.3, 0.4) is 0 Å². The fourth-order valence-corrected chi connectivity index (χ4v) is 4.00. The van der Waals surface area contributed by atoms with E-state index >= 15 is 0 Å². The van der Waals surface area contributed by atoms with Gasteiger partial charge in [-0.25, -0.2) is 0 Å². The molecular weight excluding hydrogens is 288 g/mol. The van der Waals surface area contributed by atoms with Crippen LogP contribution in [0.4, 0.5) is 0 Å². The molecule has 2 nitrogen and oxygen atoms in total. The molecule has 0 aliphatic rings. The molecule has 0 fully saturated rings. The van der Waals surface area contributed by atoms with E-state index in [1.165, 1.54) is 16.7 Å². The maximum Gasteiger partial charge on any atom is 0.229 e. The number of hydrogen-bond acceptors (Lipinski definition) is 2. The van der Waals surface area contributed by atoms with Crippen molar-refractivity contribution in [2.45, 2.75) is 85.4 Å². The second-order valence-corrected chi connectivity index (χ2v) is 9.79. The van der Waals surface area contributed by atoms with Crippen molar-refractivity contribution in [3.05, 3.63) is 28.3 Å². The van der Waals surface area contributed by atoms with Gasteiger partial charge in [0.15, 0.2) is 0 Å². The molecule has 0 saturated carbocycles. The topological polar surface area (TPSA) is 29.5 Å². The van der Waals surface area contributed by atoms with E-state index in [1.54, 1.807) is 0 Å². The summed E-state index contributed by atoms with van der Waals surface area (Å²) in [5, 5.41) is 9.91. The zero-order valence-electron chi connectivity index (χ0n) is 15.5. The number of hydrogen-bond donors (Lipinski definition) is 1. The molecule has 0 aromatic heterocycles. The highest BCUT2D eigenvalue weighted by molar-refractivity contribution is 6.49. The molecule has 126 valence electrons. The molecule has 1 rings (SSSR count). The first kappa shape index (κ1) is 19.2. The lowest BCUT2D eigenvalue weighted by Gasteiger charge is -2.30. The largest absolute Gasteiger partial charge is 0.547 e. The third kappa shape index (κ3) is 4.59. The van der Waals surface area contributed by atoms with E-state index in [4.69, 9.17) is 4.43 Å². The van der Waals surface area contributed by atoms with Crippen molar-refractivity contribution in [2.24, 2.45) is 0 Å². The first-order valence-corrected chi connectivity index (χ1v) is 11.5. The molecule has 1 aromatic carbocycles. The number of aliphatic hydroxyl groups excluding tert-OH is 1. The molecule has 1 N–H and O–H groups in total. The van der Waals surface area contributed by atoms with Gasteiger partial charge in [0.05, 0.1) is 6.61 Å². The van der Waals surface area contributed by atoms with Crippen molar-refractivity contribution < 1.29 is 9.53 Å². The van der Waals surface area contributed by atoms with E-state index in [-0.39, 0.29) is 12.0 Å². The molecule has 0 atom stereocenters. The SMILES string of the molecule is CCCc1cc(CO)c(C(C)(C)C)c(CCC)c1O[SiH](C)C. The molecule has 0 unspecified atom stereocenters. The summed E-state index contributed by atoms with van der Waals surface area (Å²) in [5.41, 5.74) is 5.01. The number of rotatable bonds is 7. The summed E-state index contributed by atoms with van der Waals surface area (Å²) < 4.78 is 6.37. The van der Waals surface area contributed by atoms with E-state index < -0.39 is 9.04 Å². The third-order valence-electron chi connectivity index (χ3n) is 3.83. The Bertz CT molecular complexity index is 487. The molecule has 0 radical (unpaired) electrons. The van der Waals surface area contributed by atoms with Crippen LogP contribution in [0.15, 0.2) is 6.07 Å². The Hall–Kier alpha value is -0.803. The zero-order valence-corrected chi connectivity index (χ0v) is 16.7. The van der Waals surface area contributed by atoms with E-state index in [2.05, 4.69) is 53.8 Å². The molecule has 0 aliphatic heterocycles. The minimum absolute atomic E-state index is 0.0178. The Morgan fingerprint density at radius 3 is 2.05 bits per heavy atom. The molecular formula is C19H34O2Si. The van der Waals surface area contributed by atoms with Crippen molar-refractivity contribution >= 4 is 9.04 Å². The summed E-state index contributed by atoms with van der Waals surface area (Å²) >= 11 is 0. The highest BCUT2D eigenvalue weighted by atomic mass is 28.3. The Morgan fingerprint density at radius 2 is 1.64 bits per heavy atom. The monoisotopic (exact) mass is 322 g/mol. The first-order valence-electron chi connectivity index (χ1n) is 8.71. The van der Waals surface area contributed by atoms with Crippen LogP contribution in [0.2, 0.25) is 13.1 Å². The molecule has 0 saturated heterocycles. The average molecular weight is 323 g/mol. The van der Waals surface area contributed by atoms with Crippen LogP contribution >= 0.6 is 0 Å². The van der Waals surface area contributed by atoms with Gasteiger partial charge in [0, 0.05) is 0 Å². The molecule has 3 heteroatoms. The number of aliphatic hydroxyl groups is 1. The van der Waals surface area contributed by atoms with Crippen LogP contribution in [0.5, 0.6) is 5.75 Å². The fraction of sp³-hybridized carbons (Fsp3) is 0.684. The molecule has 0 spiro atoms. The second kappa shape index (κ2) is 8.16. The molecule has 1 aromatic rings. The van der Waals surface area contributed by atoms with Gasteiger partial charge in [0.2, 0.25) is 9.04 Å². The minimum atomic E-state index is -1.16. The number of benzene rings is 1. The molecule has 0 aliphatic carbocycles. The van der Waals surface area contributed by atoms with Crippen LogP contribution in [0.25, 0.3) is 0 Å². The van der Waals surface area contributed by atoms with Crippen LogP contribution in [-0.2, 0) is 24.9 Å². The lowest BCUT2D eigenvalue weighted by Crippen LogP contribution is -2.22. The minimum Gasteiger partial charge on any atom is -0.547 e. The summed E-state index contributed by atoms with van der Waals surface area (Å²) in [4.78, 5) is 0. The Labute approximate surface area is 138 Å². The standard InChI is InChI=1S/C19H34O2Si/c1-8-10-14-12-15(13-20)17(19(3,4)5)16(11-9-2)18(14)21-22(6)7/h12,20,22H,8-11,13H2,1-7H3. The quantitative estimate of drug-likeness (QED) is 0.734. The predicted octanol–water partition coefficient (Wildman–Crippen LogP) is 4.74. The van der Waals surface area contributed by atoms with Gasteiger partial charge in [-0.2, -0.15) is 0 Å². The number of aryl methyl sites for hydroxylation is 1. The molecule has 0 bridgehead atoms. The second-order valence-electron chi connectivity index (χ2n) is 7.45. The molecule has 0 amide bonds. The van der Waals surface area contributed by atoms with Gasteiger partial charge in [-0.15, -0.1) is 0 Å². The van der Waals surface area contributed by atoms with Crippen LogP contribution in [0.1, 0.15) is 69.7 Å². The van der Waals surface area contributed by atoms with Crippen LogP contribution < -0.4 is 4.43 Å². The van der Waals surface area contributed by atoms with E-state index in [0.717, 1.165) is 37.0 Å². The van der Waals surface area contributed by atoms with Crippen LogP contribution in [-0.4, -0.2) is 14.1 Å². The van der Waals surface area contributed by atoms with E-state index in [0.29, 0.717) is 0 Å². The van der Waals surface area contributed by atoms with Crippen molar-refractivity contribution in [2.75, 3.05) is 0 Å². The van der Waals surface area contributed by atoms with E-state index in [9.17, 15) is 5.11 Å². The average Bonchev–Trinajstić information content (AvgIpc) is 2.40. The Balaban J connectivity index is 3.67. The molecule has 22 heavy (non-hydrogen) atoms. The van der Waals surface area contributed by atoms with Gasteiger partial charge in [-0.1, -0.05) is 47.5 Å². The Morgan fingerprint density at radius 1 is 1.05 bits per heavy atom. The van der Waals surface area contributed by atoms with Crippen molar-refractivity contribution in [1.82, 2.24) is 0 Å². The van der Waals surface area contributed by atoms with Gasteiger partial charge in [0.25, 0.3) is 0 Å². The summed E-state index contributed by atoms with van der Waals surface area (Å²) in [5.74, 6) is 1.13. The highest BCUT2D eigenvalue weighted by Crippen LogP contribution is 2.39.